The van der Waals surface area contributed by atoms with E-state index in [1.807, 2.05) is 26.0 Å². The Kier molecular flexibility index (Phi) is 7.10. The van der Waals surface area contributed by atoms with Crippen LogP contribution >= 0.6 is 0 Å². The Morgan fingerprint density at radius 2 is 1.91 bits per heavy atom. The molecule has 0 spiro atoms. The number of hydrogen-bond acceptors (Lipinski definition) is 7. The lowest BCUT2D eigenvalue weighted by Gasteiger charge is -2.17. The van der Waals surface area contributed by atoms with Gasteiger partial charge in [0.2, 0.25) is 0 Å². The van der Waals surface area contributed by atoms with Crippen LogP contribution in [0.15, 0.2) is 56.4 Å². The molecule has 1 unspecified atom stereocenters. The van der Waals surface area contributed by atoms with Crippen molar-refractivity contribution in [3.05, 3.63) is 73.8 Å². The van der Waals surface area contributed by atoms with E-state index in [9.17, 15) is 19.9 Å². The minimum absolute atomic E-state index is 0.0661. The van der Waals surface area contributed by atoms with Crippen molar-refractivity contribution in [3.8, 4) is 22.8 Å². The number of ether oxygens (including phenoxy) is 1. The van der Waals surface area contributed by atoms with Gasteiger partial charge in [-0.1, -0.05) is 16.8 Å². The molecule has 0 aliphatic carbocycles. The van der Waals surface area contributed by atoms with Gasteiger partial charge in [-0.15, -0.1) is 0 Å². The molecule has 0 amide bonds. The minimum atomic E-state index is -0.683. The van der Waals surface area contributed by atoms with Crippen molar-refractivity contribution in [3.63, 3.8) is 0 Å². The van der Waals surface area contributed by atoms with Crippen LogP contribution in [0.4, 0.5) is 0 Å². The average Bonchev–Trinajstić information content (AvgIpc) is 2.70. The van der Waals surface area contributed by atoms with Gasteiger partial charge in [0.15, 0.2) is 5.43 Å². The van der Waals surface area contributed by atoms with Crippen molar-refractivity contribution in [2.75, 3.05) is 6.61 Å². The number of aliphatic hydroxyl groups is 1. The van der Waals surface area contributed by atoms with Crippen LogP contribution in [0, 0.1) is 11.8 Å². The van der Waals surface area contributed by atoms with Gasteiger partial charge in [0.05, 0.1) is 6.10 Å². The van der Waals surface area contributed by atoms with Gasteiger partial charge in [0, 0.05) is 17.2 Å². The van der Waals surface area contributed by atoms with Gasteiger partial charge in [0.25, 0.3) is 0 Å². The Morgan fingerprint density at radius 3 is 2.56 bits per heavy atom. The summed E-state index contributed by atoms with van der Waals surface area (Å²) in [6, 6.07) is 8.07. The summed E-state index contributed by atoms with van der Waals surface area (Å²) >= 11 is 0. The molecule has 3 aromatic rings. The third kappa shape index (κ3) is 5.23. The highest BCUT2D eigenvalue weighted by Gasteiger charge is 2.17. The molecule has 0 aliphatic rings. The molecule has 0 aliphatic heterocycles. The Bertz CT molecular complexity index is 1240. The van der Waals surface area contributed by atoms with Gasteiger partial charge in [-0.3, -0.25) is 4.79 Å². The number of phenols is 1. The van der Waals surface area contributed by atoms with Crippen molar-refractivity contribution in [2.45, 2.75) is 46.8 Å². The number of nitrogens with zero attached hydrogens (tertiary/aromatic N) is 1. The molecule has 1 heterocycles. The highest BCUT2D eigenvalue weighted by molar-refractivity contribution is 5.85. The fraction of sp³-hybridized carbons (Fsp3) is 0.320. The van der Waals surface area contributed by atoms with Gasteiger partial charge < -0.3 is 19.4 Å². The first-order valence-corrected chi connectivity index (χ1v) is 10.4. The topological polar surface area (TPSA) is 109 Å². The molecule has 2 aromatic carbocycles. The molecule has 7 nitrogen and oxygen atoms in total. The van der Waals surface area contributed by atoms with Gasteiger partial charge in [-0.05, 0) is 69.5 Å². The minimum Gasteiger partial charge on any atom is -0.507 e. The number of hydrogen-bond donors (Lipinski definition) is 2. The van der Waals surface area contributed by atoms with Crippen molar-refractivity contribution in [2.24, 2.45) is 5.18 Å². The zero-order chi connectivity index (χ0) is 23.4. The summed E-state index contributed by atoms with van der Waals surface area (Å²) in [7, 11) is 0. The number of fused-ring (bicyclic) bond motifs is 1. The molecular formula is C25H27NO6. The standard InChI is InChI=1S/C25H27NO6/c1-14(2)5-6-17-9-18(10-19(12-26-30)25(17)31-13-16(4)27)22-11-21(29)24-20(28)7-15(3)8-23(24)32-22/h5,7-11,16,27-28H,6,12-13H2,1-4H3. The number of allylic oxidation sites excluding steroid dienone is 2. The zero-order valence-electron chi connectivity index (χ0n) is 18.6. The van der Waals surface area contributed by atoms with Crippen molar-refractivity contribution < 1.29 is 19.4 Å². The monoisotopic (exact) mass is 437 g/mol. The quantitative estimate of drug-likeness (QED) is 0.379. The van der Waals surface area contributed by atoms with E-state index < -0.39 is 6.10 Å². The van der Waals surface area contributed by atoms with Crippen molar-refractivity contribution >= 4 is 11.0 Å². The lowest BCUT2D eigenvalue weighted by atomic mass is 9.98. The van der Waals surface area contributed by atoms with Crippen LogP contribution < -0.4 is 10.2 Å². The molecule has 0 saturated heterocycles. The number of nitroso groups, excluding NO2 is 1. The second-order valence-corrected chi connectivity index (χ2v) is 8.19. The zero-order valence-corrected chi connectivity index (χ0v) is 18.6. The molecule has 0 fully saturated rings. The van der Waals surface area contributed by atoms with Crippen molar-refractivity contribution in [1.29, 1.82) is 0 Å². The molecule has 0 saturated carbocycles. The normalized spacial score (nSPS) is 11.9. The molecular weight excluding hydrogens is 410 g/mol. The number of phenolic OH excluding ortho intramolecular Hbond substituents is 1. The maximum absolute atomic E-state index is 12.7. The second kappa shape index (κ2) is 9.78. The third-order valence-electron chi connectivity index (χ3n) is 4.92. The molecule has 0 bridgehead atoms. The van der Waals surface area contributed by atoms with E-state index in [4.69, 9.17) is 9.15 Å². The largest absolute Gasteiger partial charge is 0.507 e. The highest BCUT2D eigenvalue weighted by Crippen LogP contribution is 2.34. The fourth-order valence-corrected chi connectivity index (χ4v) is 3.48. The summed E-state index contributed by atoms with van der Waals surface area (Å²) in [6.07, 6.45) is 1.86. The Morgan fingerprint density at radius 1 is 1.19 bits per heavy atom. The van der Waals surface area contributed by atoms with Crippen LogP contribution in [0.25, 0.3) is 22.3 Å². The van der Waals surface area contributed by atoms with E-state index in [1.165, 1.54) is 12.1 Å². The predicted molar refractivity (Wildman–Crippen MR) is 124 cm³/mol. The summed E-state index contributed by atoms with van der Waals surface area (Å²) in [4.78, 5) is 23.8. The molecule has 32 heavy (non-hydrogen) atoms. The van der Waals surface area contributed by atoms with E-state index in [0.717, 1.165) is 16.7 Å². The Hall–Kier alpha value is -3.45. The molecule has 168 valence electrons. The van der Waals surface area contributed by atoms with Crippen LogP contribution in [0.3, 0.4) is 0 Å². The van der Waals surface area contributed by atoms with Gasteiger partial charge in [-0.25, -0.2) is 0 Å². The molecule has 1 aromatic heterocycles. The number of aromatic hydroxyl groups is 1. The average molecular weight is 437 g/mol. The SMILES string of the molecule is CC(C)=CCc1cc(-c2cc(=O)c3c(O)cc(C)cc3o2)cc(CN=O)c1OCC(C)O. The van der Waals surface area contributed by atoms with Gasteiger partial charge in [0.1, 0.15) is 41.4 Å². The fourth-order valence-electron chi connectivity index (χ4n) is 3.48. The maximum Gasteiger partial charge on any atom is 0.197 e. The second-order valence-electron chi connectivity index (χ2n) is 8.19. The van der Waals surface area contributed by atoms with Crippen LogP contribution in [-0.2, 0) is 13.0 Å². The van der Waals surface area contributed by atoms with E-state index >= 15 is 0 Å². The first kappa shape index (κ1) is 23.2. The first-order valence-electron chi connectivity index (χ1n) is 10.4. The van der Waals surface area contributed by atoms with E-state index in [2.05, 4.69) is 5.18 Å². The number of aryl methyl sites for hydroxylation is 1. The molecule has 0 radical (unpaired) electrons. The first-order chi connectivity index (χ1) is 15.2. The van der Waals surface area contributed by atoms with E-state index in [1.54, 1.807) is 26.0 Å². The van der Waals surface area contributed by atoms with E-state index in [0.29, 0.717) is 29.1 Å². The molecule has 7 heteroatoms. The van der Waals surface area contributed by atoms with E-state index in [-0.39, 0.29) is 35.3 Å². The summed E-state index contributed by atoms with van der Waals surface area (Å²) < 4.78 is 11.8. The molecule has 1 atom stereocenters. The lowest BCUT2D eigenvalue weighted by molar-refractivity contribution is 0.121. The number of benzene rings is 2. The smallest absolute Gasteiger partial charge is 0.197 e. The van der Waals surface area contributed by atoms with Gasteiger partial charge in [-0.2, -0.15) is 4.91 Å². The highest BCUT2D eigenvalue weighted by atomic mass is 16.5. The summed E-state index contributed by atoms with van der Waals surface area (Å²) in [5, 5.41) is 23.0. The van der Waals surface area contributed by atoms with Crippen LogP contribution in [-0.4, -0.2) is 22.9 Å². The van der Waals surface area contributed by atoms with Crippen molar-refractivity contribution in [1.82, 2.24) is 0 Å². The molecule has 3 rings (SSSR count). The van der Waals surface area contributed by atoms with Crippen LogP contribution in [0.2, 0.25) is 0 Å². The number of aliphatic hydroxyl groups excluding tert-OH is 1. The summed E-state index contributed by atoms with van der Waals surface area (Å²) in [5.74, 6) is 0.667. The predicted octanol–water partition coefficient (Wildman–Crippen LogP) is 5.01. The van der Waals surface area contributed by atoms with Gasteiger partial charge >= 0.3 is 0 Å². The third-order valence-corrected chi connectivity index (χ3v) is 4.92. The number of rotatable bonds is 8. The lowest BCUT2D eigenvalue weighted by Crippen LogP contribution is -2.15. The van der Waals surface area contributed by atoms with Crippen LogP contribution in [0.1, 0.15) is 37.5 Å². The van der Waals surface area contributed by atoms with Crippen LogP contribution in [0.5, 0.6) is 11.5 Å². The molecule has 2 N–H and O–H groups in total. The summed E-state index contributed by atoms with van der Waals surface area (Å²) in [6.45, 7) is 7.30. The maximum atomic E-state index is 12.7. The Balaban J connectivity index is 2.22. The summed E-state index contributed by atoms with van der Waals surface area (Å²) in [5.41, 5.74) is 3.67. The Labute approximate surface area is 185 Å².